The van der Waals surface area contributed by atoms with Crippen LogP contribution in [0.25, 0.3) is 0 Å². The molecular weight excluding hydrogens is 248 g/mol. The SMILES string of the molecule is Cc1cc(Cl)cc2c1C(=O)c1ccccc1C2=O. The van der Waals surface area contributed by atoms with E-state index < -0.39 is 0 Å². The second-order valence-electron chi connectivity index (χ2n) is 4.35. The summed E-state index contributed by atoms with van der Waals surface area (Å²) < 4.78 is 0. The van der Waals surface area contributed by atoms with E-state index >= 15 is 0 Å². The van der Waals surface area contributed by atoms with Crippen molar-refractivity contribution >= 4 is 23.2 Å². The van der Waals surface area contributed by atoms with Gasteiger partial charge in [-0.3, -0.25) is 9.59 Å². The Bertz CT molecular complexity index is 702. The fourth-order valence-electron chi connectivity index (χ4n) is 2.38. The van der Waals surface area contributed by atoms with E-state index in [-0.39, 0.29) is 11.6 Å². The van der Waals surface area contributed by atoms with Gasteiger partial charge in [-0.1, -0.05) is 35.9 Å². The number of carbonyl (C=O) groups excluding carboxylic acids is 2. The predicted octanol–water partition coefficient (Wildman–Crippen LogP) is 3.42. The summed E-state index contributed by atoms with van der Waals surface area (Å²) >= 11 is 5.96. The zero-order valence-electron chi connectivity index (χ0n) is 9.66. The first-order valence-electron chi connectivity index (χ1n) is 5.58. The minimum Gasteiger partial charge on any atom is -0.289 e. The molecule has 0 N–H and O–H groups in total. The lowest BCUT2D eigenvalue weighted by molar-refractivity contribution is 0.0978. The zero-order chi connectivity index (χ0) is 12.9. The van der Waals surface area contributed by atoms with Crippen LogP contribution >= 0.6 is 11.6 Å². The molecule has 0 heterocycles. The first-order valence-corrected chi connectivity index (χ1v) is 5.96. The van der Waals surface area contributed by atoms with Crippen molar-refractivity contribution in [2.24, 2.45) is 0 Å². The van der Waals surface area contributed by atoms with Gasteiger partial charge in [0.25, 0.3) is 0 Å². The molecule has 88 valence electrons. The van der Waals surface area contributed by atoms with E-state index in [4.69, 9.17) is 11.6 Å². The monoisotopic (exact) mass is 256 g/mol. The van der Waals surface area contributed by atoms with Crippen molar-refractivity contribution in [3.8, 4) is 0 Å². The largest absolute Gasteiger partial charge is 0.289 e. The number of fused-ring (bicyclic) bond motifs is 2. The predicted molar refractivity (Wildman–Crippen MR) is 69.5 cm³/mol. The van der Waals surface area contributed by atoms with Crippen molar-refractivity contribution in [3.05, 3.63) is 69.2 Å². The highest BCUT2D eigenvalue weighted by Gasteiger charge is 2.30. The van der Waals surface area contributed by atoms with Crippen LogP contribution in [0.15, 0.2) is 36.4 Å². The molecule has 3 heteroatoms. The van der Waals surface area contributed by atoms with Crippen LogP contribution in [0.4, 0.5) is 0 Å². The Morgan fingerprint density at radius 2 is 1.50 bits per heavy atom. The van der Waals surface area contributed by atoms with E-state index in [1.54, 1.807) is 43.3 Å². The normalized spacial score (nSPS) is 13.2. The standard InChI is InChI=1S/C15H9ClO2/c1-8-6-9(16)7-12-13(8)15(18)11-5-3-2-4-10(11)14(12)17/h2-7H,1H3. The van der Waals surface area contributed by atoms with Crippen molar-refractivity contribution in [2.75, 3.05) is 0 Å². The number of carbonyl (C=O) groups is 2. The second kappa shape index (κ2) is 3.79. The van der Waals surface area contributed by atoms with Crippen LogP contribution in [0, 0.1) is 6.92 Å². The van der Waals surface area contributed by atoms with Gasteiger partial charge in [0.05, 0.1) is 0 Å². The van der Waals surface area contributed by atoms with Gasteiger partial charge in [-0.05, 0) is 24.6 Å². The molecule has 0 radical (unpaired) electrons. The molecule has 3 rings (SSSR count). The van der Waals surface area contributed by atoms with Gasteiger partial charge in [-0.15, -0.1) is 0 Å². The van der Waals surface area contributed by atoms with Gasteiger partial charge >= 0.3 is 0 Å². The first kappa shape index (κ1) is 11.2. The number of benzene rings is 2. The maximum atomic E-state index is 12.4. The third-order valence-electron chi connectivity index (χ3n) is 3.19. The Morgan fingerprint density at radius 1 is 0.889 bits per heavy atom. The summed E-state index contributed by atoms with van der Waals surface area (Å²) in [6, 6.07) is 10.2. The molecule has 1 aliphatic rings. The molecule has 0 bridgehead atoms. The van der Waals surface area contributed by atoms with Crippen LogP contribution in [0.1, 0.15) is 37.4 Å². The molecule has 0 aromatic heterocycles. The average Bonchev–Trinajstić information content (AvgIpc) is 2.35. The Hall–Kier alpha value is -1.93. The van der Waals surface area contributed by atoms with E-state index in [1.807, 2.05) is 0 Å². The van der Waals surface area contributed by atoms with Crippen molar-refractivity contribution in [2.45, 2.75) is 6.92 Å². The van der Waals surface area contributed by atoms with Gasteiger partial charge in [0.2, 0.25) is 0 Å². The van der Waals surface area contributed by atoms with Crippen LogP contribution < -0.4 is 0 Å². The van der Waals surface area contributed by atoms with E-state index in [2.05, 4.69) is 0 Å². The van der Waals surface area contributed by atoms with E-state index in [9.17, 15) is 9.59 Å². The van der Waals surface area contributed by atoms with Crippen LogP contribution in [0.2, 0.25) is 5.02 Å². The van der Waals surface area contributed by atoms with E-state index in [0.29, 0.717) is 27.3 Å². The third kappa shape index (κ3) is 1.42. The van der Waals surface area contributed by atoms with Gasteiger partial charge in [-0.25, -0.2) is 0 Å². The van der Waals surface area contributed by atoms with Crippen molar-refractivity contribution in [1.29, 1.82) is 0 Å². The number of aryl methyl sites for hydroxylation is 1. The maximum absolute atomic E-state index is 12.4. The van der Waals surface area contributed by atoms with Gasteiger partial charge in [0, 0.05) is 27.3 Å². The van der Waals surface area contributed by atoms with Crippen molar-refractivity contribution in [3.63, 3.8) is 0 Å². The zero-order valence-corrected chi connectivity index (χ0v) is 10.4. The molecule has 2 aromatic carbocycles. The Kier molecular flexibility index (Phi) is 2.35. The average molecular weight is 257 g/mol. The van der Waals surface area contributed by atoms with Crippen LogP contribution in [0.5, 0.6) is 0 Å². The van der Waals surface area contributed by atoms with Crippen LogP contribution in [-0.2, 0) is 0 Å². The topological polar surface area (TPSA) is 34.1 Å². The van der Waals surface area contributed by atoms with Crippen molar-refractivity contribution in [1.82, 2.24) is 0 Å². The summed E-state index contributed by atoms with van der Waals surface area (Å²) in [5, 5.41) is 0.479. The summed E-state index contributed by atoms with van der Waals surface area (Å²) in [7, 11) is 0. The lowest BCUT2D eigenvalue weighted by Crippen LogP contribution is -2.21. The maximum Gasteiger partial charge on any atom is 0.194 e. The molecule has 0 saturated heterocycles. The Morgan fingerprint density at radius 3 is 2.17 bits per heavy atom. The summed E-state index contributed by atoms with van der Waals surface area (Å²) in [5.74, 6) is -0.236. The van der Waals surface area contributed by atoms with Gasteiger partial charge in [0.1, 0.15) is 0 Å². The molecule has 0 atom stereocenters. The van der Waals surface area contributed by atoms with E-state index in [0.717, 1.165) is 5.56 Å². The van der Waals surface area contributed by atoms with Gasteiger partial charge < -0.3 is 0 Å². The minimum absolute atomic E-state index is 0.102. The summed E-state index contributed by atoms with van der Waals surface area (Å²) in [6.45, 7) is 1.80. The molecule has 2 aromatic rings. The first-order chi connectivity index (χ1) is 8.59. The lowest BCUT2D eigenvalue weighted by Gasteiger charge is -2.19. The fourth-order valence-corrected chi connectivity index (χ4v) is 2.66. The molecule has 0 unspecified atom stereocenters. The molecule has 0 amide bonds. The Balaban J connectivity index is 2.37. The van der Waals surface area contributed by atoms with Gasteiger partial charge in [-0.2, -0.15) is 0 Å². The molecule has 0 saturated carbocycles. The smallest absolute Gasteiger partial charge is 0.194 e. The summed E-state index contributed by atoms with van der Waals surface area (Å²) in [5.41, 5.74) is 2.55. The molecule has 0 fully saturated rings. The van der Waals surface area contributed by atoms with Crippen molar-refractivity contribution < 1.29 is 9.59 Å². The molecular formula is C15H9ClO2. The minimum atomic E-state index is -0.134. The molecule has 0 spiro atoms. The summed E-state index contributed by atoms with van der Waals surface area (Å²) in [4.78, 5) is 24.7. The number of hydrogen-bond acceptors (Lipinski definition) is 2. The van der Waals surface area contributed by atoms with Crippen LogP contribution in [0.3, 0.4) is 0 Å². The highest BCUT2D eigenvalue weighted by molar-refractivity contribution is 6.33. The molecule has 18 heavy (non-hydrogen) atoms. The van der Waals surface area contributed by atoms with Crippen LogP contribution in [-0.4, -0.2) is 11.6 Å². The number of hydrogen-bond donors (Lipinski definition) is 0. The molecule has 2 nitrogen and oxygen atoms in total. The third-order valence-corrected chi connectivity index (χ3v) is 3.41. The lowest BCUT2D eigenvalue weighted by atomic mass is 9.82. The van der Waals surface area contributed by atoms with E-state index in [1.165, 1.54) is 0 Å². The highest BCUT2D eigenvalue weighted by Crippen LogP contribution is 2.31. The summed E-state index contributed by atoms with van der Waals surface area (Å²) in [6.07, 6.45) is 0. The Labute approximate surface area is 109 Å². The molecule has 0 aliphatic heterocycles. The number of halogens is 1. The van der Waals surface area contributed by atoms with Gasteiger partial charge in [0.15, 0.2) is 11.6 Å². The number of ketones is 2. The molecule has 1 aliphatic carbocycles. The fraction of sp³-hybridized carbons (Fsp3) is 0.0667. The second-order valence-corrected chi connectivity index (χ2v) is 4.79. The highest BCUT2D eigenvalue weighted by atomic mass is 35.5. The number of rotatable bonds is 0. The quantitative estimate of drug-likeness (QED) is 0.618.